The second kappa shape index (κ2) is 9.60. The quantitative estimate of drug-likeness (QED) is 0.512. The number of nitrogens with one attached hydrogen (secondary N) is 2. The molecule has 0 radical (unpaired) electrons. The molecule has 10 nitrogen and oxygen atoms in total. The standard InChI is InChI=1S/C25H25N5O5S2/c1-14-12-18(28-25(32)29-37(33,34)22-9-4-15(2)36-22)6-8-21(14)30-16(3)27-20-13-17(23-26-10-11-35-23)5-7-19(20)24(30)31/h4-9,12-14,21H,10-11H2,1-3H3,(H2,28,29,32). The second-order valence-electron chi connectivity index (χ2n) is 8.86. The predicted molar refractivity (Wildman–Crippen MR) is 141 cm³/mol. The maximum atomic E-state index is 13.4. The third-order valence-electron chi connectivity index (χ3n) is 6.13. The summed E-state index contributed by atoms with van der Waals surface area (Å²) >= 11 is 1.08. The number of thiophene rings is 1. The van der Waals surface area contributed by atoms with Crippen molar-refractivity contribution in [3.8, 4) is 0 Å². The molecule has 3 heterocycles. The lowest BCUT2D eigenvalue weighted by Crippen LogP contribution is -2.39. The highest BCUT2D eigenvalue weighted by atomic mass is 32.2. The lowest BCUT2D eigenvalue weighted by atomic mass is 9.95. The van der Waals surface area contributed by atoms with Crippen molar-refractivity contribution in [2.24, 2.45) is 10.9 Å². The number of rotatable bonds is 5. The third-order valence-corrected chi connectivity index (χ3v) is 8.95. The molecule has 0 saturated heterocycles. The highest BCUT2D eigenvalue weighted by Gasteiger charge is 2.25. The van der Waals surface area contributed by atoms with E-state index in [2.05, 4.69) is 15.3 Å². The van der Waals surface area contributed by atoms with Crippen LogP contribution < -0.4 is 15.6 Å². The zero-order chi connectivity index (χ0) is 26.3. The first-order chi connectivity index (χ1) is 17.6. The fourth-order valence-corrected chi connectivity index (χ4v) is 6.60. The molecule has 1 aliphatic heterocycles. The molecule has 192 valence electrons. The minimum atomic E-state index is -3.96. The smallest absolute Gasteiger partial charge is 0.333 e. The van der Waals surface area contributed by atoms with Crippen LogP contribution >= 0.6 is 11.3 Å². The molecular formula is C25H25N5O5S2. The molecule has 5 rings (SSSR count). The van der Waals surface area contributed by atoms with Crippen molar-refractivity contribution in [1.29, 1.82) is 0 Å². The number of ether oxygens (including phenoxy) is 1. The van der Waals surface area contributed by atoms with Crippen LogP contribution in [0.25, 0.3) is 10.9 Å². The number of aliphatic imine (C=N–C) groups is 1. The monoisotopic (exact) mass is 539 g/mol. The molecule has 2 N–H and O–H groups in total. The number of amides is 2. The molecule has 1 aromatic carbocycles. The van der Waals surface area contributed by atoms with Gasteiger partial charge in [-0.05, 0) is 50.3 Å². The molecule has 2 amide bonds. The summed E-state index contributed by atoms with van der Waals surface area (Å²) in [5.74, 6) is 0.917. The Labute approximate surface area is 217 Å². The maximum absolute atomic E-state index is 13.4. The first-order valence-electron chi connectivity index (χ1n) is 11.6. The first kappa shape index (κ1) is 24.9. The summed E-state index contributed by atoms with van der Waals surface area (Å²) < 4.78 is 34.1. The Kier molecular flexibility index (Phi) is 6.46. The van der Waals surface area contributed by atoms with Gasteiger partial charge in [-0.25, -0.2) is 27.9 Å². The van der Waals surface area contributed by atoms with Gasteiger partial charge >= 0.3 is 6.03 Å². The molecule has 3 aromatic rings. The molecule has 12 heteroatoms. The Morgan fingerprint density at radius 1 is 1.22 bits per heavy atom. The first-order valence-corrected chi connectivity index (χ1v) is 13.9. The van der Waals surface area contributed by atoms with Crippen molar-refractivity contribution in [2.45, 2.75) is 31.0 Å². The average molecular weight is 540 g/mol. The van der Waals surface area contributed by atoms with E-state index in [0.29, 0.717) is 41.5 Å². The lowest BCUT2D eigenvalue weighted by molar-refractivity contribution is 0.248. The van der Waals surface area contributed by atoms with Crippen molar-refractivity contribution < 1.29 is 17.9 Å². The summed E-state index contributed by atoms with van der Waals surface area (Å²) in [6, 6.07) is 7.29. The second-order valence-corrected chi connectivity index (χ2v) is 12.1. The number of allylic oxidation sites excluding steroid dienone is 3. The lowest BCUT2D eigenvalue weighted by Gasteiger charge is -2.27. The number of carbonyl (C=O) groups excluding carboxylic acids is 1. The normalized spacial score (nSPS) is 19.3. The van der Waals surface area contributed by atoms with Gasteiger partial charge < -0.3 is 10.1 Å². The zero-order valence-corrected chi connectivity index (χ0v) is 22.0. The van der Waals surface area contributed by atoms with Crippen LogP contribution in [0.5, 0.6) is 0 Å². The van der Waals surface area contributed by atoms with Gasteiger partial charge in [0, 0.05) is 22.1 Å². The van der Waals surface area contributed by atoms with Crippen LogP contribution in [0, 0.1) is 19.8 Å². The predicted octanol–water partition coefficient (Wildman–Crippen LogP) is 3.17. The molecule has 0 bridgehead atoms. The van der Waals surface area contributed by atoms with E-state index in [4.69, 9.17) is 4.74 Å². The molecule has 2 unspecified atom stereocenters. The molecule has 0 saturated carbocycles. The van der Waals surface area contributed by atoms with Gasteiger partial charge in [0.15, 0.2) is 0 Å². The number of sulfonamides is 1. The zero-order valence-electron chi connectivity index (χ0n) is 20.4. The summed E-state index contributed by atoms with van der Waals surface area (Å²) in [6.45, 7) is 6.63. The summed E-state index contributed by atoms with van der Waals surface area (Å²) in [7, 11) is -3.96. The summed E-state index contributed by atoms with van der Waals surface area (Å²) in [5.41, 5.74) is 1.61. The molecule has 2 atom stereocenters. The van der Waals surface area contributed by atoms with E-state index in [1.165, 1.54) is 6.07 Å². The fourth-order valence-electron chi connectivity index (χ4n) is 4.41. The van der Waals surface area contributed by atoms with E-state index in [1.54, 1.807) is 48.8 Å². The van der Waals surface area contributed by atoms with Gasteiger partial charge in [-0.15, -0.1) is 11.3 Å². The van der Waals surface area contributed by atoms with Gasteiger partial charge in [0.1, 0.15) is 16.6 Å². The number of urea groups is 1. The van der Waals surface area contributed by atoms with Crippen molar-refractivity contribution in [3.05, 3.63) is 80.9 Å². The van der Waals surface area contributed by atoms with Gasteiger partial charge in [-0.1, -0.05) is 19.1 Å². The van der Waals surface area contributed by atoms with Gasteiger partial charge in [0.05, 0.1) is 23.5 Å². The van der Waals surface area contributed by atoms with Crippen LogP contribution in [0.3, 0.4) is 0 Å². The number of aryl methyl sites for hydroxylation is 2. The van der Waals surface area contributed by atoms with Gasteiger partial charge in [-0.3, -0.25) is 9.36 Å². The van der Waals surface area contributed by atoms with Crippen LogP contribution in [-0.4, -0.2) is 43.0 Å². The van der Waals surface area contributed by atoms with E-state index in [1.807, 2.05) is 23.8 Å². The van der Waals surface area contributed by atoms with Crippen molar-refractivity contribution >= 4 is 44.2 Å². The Hall–Kier alpha value is -3.77. The van der Waals surface area contributed by atoms with Gasteiger partial charge in [0.2, 0.25) is 5.90 Å². The minimum absolute atomic E-state index is 0.0660. The number of fused-ring (bicyclic) bond motifs is 1. The highest BCUT2D eigenvalue weighted by Crippen LogP contribution is 2.27. The summed E-state index contributed by atoms with van der Waals surface area (Å²) in [6.07, 6.45) is 5.23. The number of hydrogen-bond donors (Lipinski definition) is 2. The molecule has 2 aliphatic rings. The number of hydrogen-bond acceptors (Lipinski definition) is 8. The summed E-state index contributed by atoms with van der Waals surface area (Å²) in [5, 5.41) is 3.05. The van der Waals surface area contributed by atoms with Crippen molar-refractivity contribution in [3.63, 3.8) is 0 Å². The largest absolute Gasteiger partial charge is 0.476 e. The third kappa shape index (κ3) is 4.94. The van der Waals surface area contributed by atoms with Gasteiger partial charge in [0.25, 0.3) is 15.6 Å². The van der Waals surface area contributed by atoms with Gasteiger partial charge in [-0.2, -0.15) is 0 Å². The number of nitrogens with zero attached hydrogens (tertiary/aromatic N) is 3. The van der Waals surface area contributed by atoms with E-state index in [9.17, 15) is 18.0 Å². The Morgan fingerprint density at radius 3 is 2.70 bits per heavy atom. The molecule has 0 fully saturated rings. The van der Waals surface area contributed by atoms with E-state index in [0.717, 1.165) is 21.8 Å². The molecule has 2 aromatic heterocycles. The van der Waals surface area contributed by atoms with Crippen LogP contribution in [0.1, 0.15) is 29.2 Å². The number of benzene rings is 1. The fraction of sp³-hybridized carbons (Fsp3) is 0.280. The SMILES string of the molecule is Cc1ccc(S(=O)(=O)NC(=O)NC2=CC(C)C(n3c(C)nc4cc(C5=NCCO5)ccc4c3=O)C=C2)s1. The number of carbonyl (C=O) groups is 1. The molecule has 37 heavy (non-hydrogen) atoms. The Morgan fingerprint density at radius 2 is 2.03 bits per heavy atom. The maximum Gasteiger partial charge on any atom is 0.333 e. The van der Waals surface area contributed by atoms with E-state index >= 15 is 0 Å². The van der Waals surface area contributed by atoms with Crippen LogP contribution in [0.2, 0.25) is 0 Å². The minimum Gasteiger partial charge on any atom is -0.476 e. The summed E-state index contributed by atoms with van der Waals surface area (Å²) in [4.78, 5) is 35.6. The van der Waals surface area contributed by atoms with Crippen LogP contribution in [0.4, 0.5) is 4.79 Å². The average Bonchev–Trinajstić information content (AvgIpc) is 3.52. The Balaban J connectivity index is 1.34. The van der Waals surface area contributed by atoms with E-state index < -0.39 is 16.1 Å². The van der Waals surface area contributed by atoms with Crippen molar-refractivity contribution in [1.82, 2.24) is 19.6 Å². The molecule has 0 spiro atoms. The van der Waals surface area contributed by atoms with Crippen LogP contribution in [-0.2, 0) is 14.8 Å². The number of aromatic nitrogens is 2. The highest BCUT2D eigenvalue weighted by molar-refractivity contribution is 7.92. The topological polar surface area (TPSA) is 132 Å². The van der Waals surface area contributed by atoms with Crippen LogP contribution in [0.15, 0.2) is 68.3 Å². The van der Waals surface area contributed by atoms with E-state index in [-0.39, 0.29) is 21.7 Å². The molecular weight excluding hydrogens is 514 g/mol. The molecule has 1 aliphatic carbocycles. The van der Waals surface area contributed by atoms with Crippen molar-refractivity contribution in [2.75, 3.05) is 13.2 Å². The Bertz CT molecular complexity index is 1670.